The van der Waals surface area contributed by atoms with E-state index in [2.05, 4.69) is 5.10 Å². The fraction of sp³-hybridized carbons (Fsp3) is 0.438. The van der Waals surface area contributed by atoms with Crippen molar-refractivity contribution in [3.8, 4) is 5.75 Å². The molecule has 0 spiro atoms. The van der Waals surface area contributed by atoms with Gasteiger partial charge in [0.2, 0.25) is 0 Å². The smallest absolute Gasteiger partial charge is 0.435 e. The summed E-state index contributed by atoms with van der Waals surface area (Å²) in [5.41, 5.74) is 0.789. The molecule has 0 N–H and O–H groups in total. The molecule has 0 amide bonds. The van der Waals surface area contributed by atoms with Crippen LogP contribution >= 0.6 is 0 Å². The molecule has 0 aliphatic rings. The molecule has 0 bridgehead atoms. The fourth-order valence-electron chi connectivity index (χ4n) is 2.01. The van der Waals surface area contributed by atoms with Crippen molar-refractivity contribution in [3.05, 3.63) is 23.9 Å². The Hall–Kier alpha value is -2.37. The molecule has 0 aliphatic heterocycles. The molecule has 0 atom stereocenters. The van der Waals surface area contributed by atoms with E-state index in [1.165, 1.54) is 4.68 Å². The third-order valence-electron chi connectivity index (χ3n) is 2.91. The Balaban J connectivity index is 2.31. The average Bonchev–Trinajstić information content (AvgIpc) is 2.75. The maximum Gasteiger partial charge on any atom is 0.435 e. The van der Waals surface area contributed by atoms with E-state index in [0.29, 0.717) is 30.0 Å². The Bertz CT molecular complexity index is 698. The molecule has 0 unspecified atom stereocenters. The van der Waals surface area contributed by atoms with Gasteiger partial charge in [0.1, 0.15) is 17.6 Å². The van der Waals surface area contributed by atoms with Crippen molar-refractivity contribution in [1.82, 2.24) is 9.78 Å². The Morgan fingerprint density at radius 2 is 2.09 bits per heavy atom. The SMILES string of the molecule is Cc1nn(C(=O)OC(C)(C)C)c2ccc(OCCC=O)cc12. The van der Waals surface area contributed by atoms with Gasteiger partial charge in [-0.15, -0.1) is 0 Å². The molecule has 1 heterocycles. The summed E-state index contributed by atoms with van der Waals surface area (Å²) in [6, 6.07) is 5.31. The van der Waals surface area contributed by atoms with Crippen LogP contribution in [0, 0.1) is 6.92 Å². The largest absolute Gasteiger partial charge is 0.493 e. The van der Waals surface area contributed by atoms with Crippen LogP contribution in [0.15, 0.2) is 18.2 Å². The summed E-state index contributed by atoms with van der Waals surface area (Å²) >= 11 is 0. The molecule has 6 heteroatoms. The Morgan fingerprint density at radius 1 is 1.36 bits per heavy atom. The van der Waals surface area contributed by atoms with Crippen LogP contribution in [0.4, 0.5) is 4.79 Å². The number of rotatable bonds is 4. The molecule has 0 saturated heterocycles. The minimum Gasteiger partial charge on any atom is -0.493 e. The lowest BCUT2D eigenvalue weighted by molar-refractivity contribution is -0.108. The zero-order valence-corrected chi connectivity index (χ0v) is 13.3. The first-order chi connectivity index (χ1) is 10.3. The maximum absolute atomic E-state index is 12.2. The second-order valence-corrected chi connectivity index (χ2v) is 5.96. The zero-order chi connectivity index (χ0) is 16.3. The number of carbonyl (C=O) groups is 2. The summed E-state index contributed by atoms with van der Waals surface area (Å²) in [6.45, 7) is 7.57. The summed E-state index contributed by atoms with van der Waals surface area (Å²) in [4.78, 5) is 22.5. The first kappa shape index (κ1) is 16.0. The fourth-order valence-corrected chi connectivity index (χ4v) is 2.01. The highest BCUT2D eigenvalue weighted by atomic mass is 16.6. The maximum atomic E-state index is 12.2. The van der Waals surface area contributed by atoms with Gasteiger partial charge in [0.15, 0.2) is 0 Å². The number of benzene rings is 1. The highest BCUT2D eigenvalue weighted by Crippen LogP contribution is 2.24. The predicted molar refractivity (Wildman–Crippen MR) is 82.3 cm³/mol. The molecular weight excluding hydrogens is 284 g/mol. The predicted octanol–water partition coefficient (Wildman–Crippen LogP) is 3.10. The second kappa shape index (κ2) is 6.17. The van der Waals surface area contributed by atoms with Crippen molar-refractivity contribution in [3.63, 3.8) is 0 Å². The van der Waals surface area contributed by atoms with Gasteiger partial charge in [-0.3, -0.25) is 0 Å². The number of carbonyl (C=O) groups excluding carboxylic acids is 2. The molecule has 2 aromatic rings. The van der Waals surface area contributed by atoms with Crippen molar-refractivity contribution >= 4 is 23.3 Å². The third-order valence-corrected chi connectivity index (χ3v) is 2.91. The normalized spacial score (nSPS) is 11.5. The van der Waals surface area contributed by atoms with Crippen molar-refractivity contribution in [1.29, 1.82) is 0 Å². The topological polar surface area (TPSA) is 70.4 Å². The van der Waals surface area contributed by atoms with Crippen LogP contribution in [-0.2, 0) is 9.53 Å². The van der Waals surface area contributed by atoms with Gasteiger partial charge in [0.25, 0.3) is 0 Å². The van der Waals surface area contributed by atoms with E-state index in [4.69, 9.17) is 9.47 Å². The van der Waals surface area contributed by atoms with E-state index in [0.717, 1.165) is 11.7 Å². The quantitative estimate of drug-likeness (QED) is 0.641. The lowest BCUT2D eigenvalue weighted by atomic mass is 10.2. The van der Waals surface area contributed by atoms with Gasteiger partial charge in [-0.25, -0.2) is 4.79 Å². The molecule has 1 aromatic heterocycles. The monoisotopic (exact) mass is 304 g/mol. The molecule has 0 fully saturated rings. The number of hydrogen-bond donors (Lipinski definition) is 0. The first-order valence-corrected chi connectivity index (χ1v) is 7.11. The van der Waals surface area contributed by atoms with Crippen molar-refractivity contribution in [2.45, 2.75) is 39.7 Å². The Morgan fingerprint density at radius 3 is 2.73 bits per heavy atom. The standard InChI is InChI=1S/C16H20N2O4/c1-11-13-10-12(21-9-5-8-19)6-7-14(13)18(17-11)15(20)22-16(2,3)4/h6-8,10H,5,9H2,1-4H3. The molecule has 118 valence electrons. The number of hydrogen-bond acceptors (Lipinski definition) is 5. The van der Waals surface area contributed by atoms with Crippen molar-refractivity contribution < 1.29 is 19.1 Å². The Kier molecular flexibility index (Phi) is 4.49. The van der Waals surface area contributed by atoms with Crippen LogP contribution in [0.5, 0.6) is 5.75 Å². The van der Waals surface area contributed by atoms with Crippen LogP contribution < -0.4 is 4.74 Å². The molecule has 22 heavy (non-hydrogen) atoms. The Labute approximate surface area is 129 Å². The average molecular weight is 304 g/mol. The summed E-state index contributed by atoms with van der Waals surface area (Å²) in [5, 5.41) is 5.06. The molecule has 2 rings (SSSR count). The summed E-state index contributed by atoms with van der Waals surface area (Å²) in [7, 11) is 0. The van der Waals surface area contributed by atoms with Gasteiger partial charge in [-0.05, 0) is 45.9 Å². The van der Waals surface area contributed by atoms with Crippen LogP contribution in [0.2, 0.25) is 0 Å². The minimum absolute atomic E-state index is 0.328. The lowest BCUT2D eigenvalue weighted by Gasteiger charge is -2.19. The summed E-state index contributed by atoms with van der Waals surface area (Å²) in [5.74, 6) is 0.640. The second-order valence-electron chi connectivity index (χ2n) is 5.96. The molecular formula is C16H20N2O4. The van der Waals surface area contributed by atoms with Crippen LogP contribution in [0.3, 0.4) is 0 Å². The number of fused-ring (bicyclic) bond motifs is 1. The van der Waals surface area contributed by atoms with Gasteiger partial charge in [0, 0.05) is 11.8 Å². The van der Waals surface area contributed by atoms with Crippen LogP contribution in [0.25, 0.3) is 10.9 Å². The number of nitrogens with zero attached hydrogens (tertiary/aromatic N) is 2. The first-order valence-electron chi connectivity index (χ1n) is 7.11. The number of aryl methyl sites for hydroxylation is 1. The van der Waals surface area contributed by atoms with Gasteiger partial charge in [-0.1, -0.05) is 0 Å². The molecule has 0 saturated carbocycles. The van der Waals surface area contributed by atoms with Crippen molar-refractivity contribution in [2.75, 3.05) is 6.61 Å². The lowest BCUT2D eigenvalue weighted by Crippen LogP contribution is -2.27. The van der Waals surface area contributed by atoms with Crippen LogP contribution in [-0.4, -0.2) is 34.4 Å². The van der Waals surface area contributed by atoms with E-state index in [-0.39, 0.29) is 0 Å². The number of aromatic nitrogens is 2. The van der Waals surface area contributed by atoms with Gasteiger partial charge in [-0.2, -0.15) is 9.78 Å². The minimum atomic E-state index is -0.582. The highest BCUT2D eigenvalue weighted by Gasteiger charge is 2.21. The summed E-state index contributed by atoms with van der Waals surface area (Å²) < 4.78 is 12.1. The van der Waals surface area contributed by atoms with E-state index >= 15 is 0 Å². The number of ether oxygens (including phenoxy) is 2. The molecule has 0 aliphatic carbocycles. The van der Waals surface area contributed by atoms with E-state index in [1.807, 2.05) is 33.8 Å². The number of aldehydes is 1. The third kappa shape index (κ3) is 3.63. The molecule has 6 nitrogen and oxygen atoms in total. The van der Waals surface area contributed by atoms with E-state index in [9.17, 15) is 9.59 Å². The molecule has 1 aromatic carbocycles. The van der Waals surface area contributed by atoms with Crippen molar-refractivity contribution in [2.24, 2.45) is 0 Å². The summed E-state index contributed by atoms with van der Waals surface area (Å²) in [6.07, 6.45) is 0.638. The molecule has 0 radical (unpaired) electrons. The van der Waals surface area contributed by atoms with Gasteiger partial charge >= 0.3 is 6.09 Å². The highest BCUT2D eigenvalue weighted by molar-refractivity contribution is 5.90. The van der Waals surface area contributed by atoms with E-state index < -0.39 is 11.7 Å². The zero-order valence-electron chi connectivity index (χ0n) is 13.3. The van der Waals surface area contributed by atoms with Gasteiger partial charge in [0.05, 0.1) is 17.8 Å². The van der Waals surface area contributed by atoms with E-state index in [1.54, 1.807) is 12.1 Å². The van der Waals surface area contributed by atoms with Gasteiger partial charge < -0.3 is 14.3 Å². The van der Waals surface area contributed by atoms with Crippen LogP contribution in [0.1, 0.15) is 32.9 Å².